The second-order valence-electron chi connectivity index (χ2n) is 6.51. The molecule has 0 aliphatic carbocycles. The number of rotatable bonds is 4. The van der Waals surface area contributed by atoms with Crippen molar-refractivity contribution in [3.8, 4) is 11.5 Å². The third kappa shape index (κ3) is 3.05. The van der Waals surface area contributed by atoms with Crippen LogP contribution < -0.4 is 9.47 Å². The topological polar surface area (TPSA) is 43.7 Å². The smallest absolute Gasteiger partial charge is 0.254 e. The zero-order valence-corrected chi connectivity index (χ0v) is 15.5. The second kappa shape index (κ2) is 7.19. The standard InChI is InChI=1S/C22H22N2O3/c1-26-19-11-10-17(15-20(19)27-2)22(25)24-14-13-23-12-6-9-18(23)21(24)16-7-4-3-5-8-16/h3-12,15,21H,13-14H2,1-2H3. The second-order valence-corrected chi connectivity index (χ2v) is 6.51. The van der Waals surface area contributed by atoms with Crippen molar-refractivity contribution in [1.29, 1.82) is 0 Å². The molecule has 0 N–H and O–H groups in total. The fraction of sp³-hybridized carbons (Fsp3) is 0.227. The lowest BCUT2D eigenvalue weighted by atomic mass is 9.99. The minimum atomic E-state index is -0.115. The lowest BCUT2D eigenvalue weighted by molar-refractivity contribution is 0.0663. The zero-order valence-electron chi connectivity index (χ0n) is 15.5. The SMILES string of the molecule is COc1ccc(C(=O)N2CCn3cccc3C2c2ccccc2)cc1OC. The van der Waals surface area contributed by atoms with E-state index >= 15 is 0 Å². The molecule has 0 fully saturated rings. The van der Waals surface area contributed by atoms with Crippen LogP contribution in [0.4, 0.5) is 0 Å². The fourth-order valence-electron chi connectivity index (χ4n) is 3.72. The summed E-state index contributed by atoms with van der Waals surface area (Å²) in [6, 6.07) is 19.5. The number of ether oxygens (including phenoxy) is 2. The van der Waals surface area contributed by atoms with Gasteiger partial charge in [0.05, 0.1) is 20.3 Å². The molecule has 0 spiro atoms. The molecular weight excluding hydrogens is 340 g/mol. The van der Waals surface area contributed by atoms with Gasteiger partial charge in [-0.05, 0) is 35.9 Å². The molecule has 5 heteroatoms. The van der Waals surface area contributed by atoms with E-state index in [0.717, 1.165) is 17.8 Å². The van der Waals surface area contributed by atoms with Gasteiger partial charge >= 0.3 is 0 Å². The molecule has 1 aliphatic heterocycles. The summed E-state index contributed by atoms with van der Waals surface area (Å²) in [5.74, 6) is 1.15. The average Bonchev–Trinajstić information content (AvgIpc) is 3.21. The molecule has 1 aromatic heterocycles. The summed E-state index contributed by atoms with van der Waals surface area (Å²) in [6.07, 6.45) is 2.07. The first-order valence-corrected chi connectivity index (χ1v) is 8.96. The van der Waals surface area contributed by atoms with Crippen molar-refractivity contribution >= 4 is 5.91 Å². The number of fused-ring (bicyclic) bond motifs is 1. The summed E-state index contributed by atoms with van der Waals surface area (Å²) >= 11 is 0. The van der Waals surface area contributed by atoms with Crippen LogP contribution in [0.2, 0.25) is 0 Å². The summed E-state index contributed by atoms with van der Waals surface area (Å²) < 4.78 is 12.9. The first-order chi connectivity index (χ1) is 13.2. The van der Waals surface area contributed by atoms with Crippen molar-refractivity contribution in [2.75, 3.05) is 20.8 Å². The van der Waals surface area contributed by atoms with Crippen LogP contribution in [0, 0.1) is 0 Å². The van der Waals surface area contributed by atoms with Crippen LogP contribution in [0.1, 0.15) is 27.7 Å². The first-order valence-electron chi connectivity index (χ1n) is 8.96. The summed E-state index contributed by atoms with van der Waals surface area (Å²) in [6.45, 7) is 1.43. The van der Waals surface area contributed by atoms with E-state index in [1.807, 2.05) is 29.2 Å². The van der Waals surface area contributed by atoms with Crippen molar-refractivity contribution in [2.45, 2.75) is 12.6 Å². The Labute approximate surface area is 158 Å². The minimum absolute atomic E-state index is 0.0164. The summed E-state index contributed by atoms with van der Waals surface area (Å²) in [7, 11) is 3.16. The highest BCUT2D eigenvalue weighted by atomic mass is 16.5. The number of aromatic nitrogens is 1. The lowest BCUT2D eigenvalue weighted by Crippen LogP contribution is -2.42. The predicted octanol–water partition coefficient (Wildman–Crippen LogP) is 3.75. The van der Waals surface area contributed by atoms with Crippen LogP contribution in [-0.4, -0.2) is 36.1 Å². The molecule has 27 heavy (non-hydrogen) atoms. The van der Waals surface area contributed by atoms with Gasteiger partial charge in [0, 0.05) is 30.5 Å². The summed E-state index contributed by atoms with van der Waals surface area (Å²) in [5, 5.41) is 0. The number of carbonyl (C=O) groups excluding carboxylic acids is 1. The van der Waals surface area contributed by atoms with Crippen molar-refractivity contribution in [1.82, 2.24) is 9.47 Å². The maximum Gasteiger partial charge on any atom is 0.254 e. The highest BCUT2D eigenvalue weighted by molar-refractivity contribution is 5.95. The maximum atomic E-state index is 13.4. The molecule has 4 rings (SSSR count). The van der Waals surface area contributed by atoms with Gasteiger partial charge in [-0.1, -0.05) is 30.3 Å². The fourth-order valence-corrected chi connectivity index (χ4v) is 3.72. The molecular formula is C22H22N2O3. The molecule has 2 aromatic carbocycles. The van der Waals surface area contributed by atoms with Crippen LogP contribution >= 0.6 is 0 Å². The molecule has 0 saturated heterocycles. The number of benzene rings is 2. The van der Waals surface area contributed by atoms with Gasteiger partial charge < -0.3 is 18.9 Å². The predicted molar refractivity (Wildman–Crippen MR) is 103 cm³/mol. The number of carbonyl (C=O) groups is 1. The largest absolute Gasteiger partial charge is 0.493 e. The third-order valence-electron chi connectivity index (χ3n) is 5.04. The molecule has 1 atom stereocenters. The van der Waals surface area contributed by atoms with E-state index in [1.54, 1.807) is 32.4 Å². The molecule has 3 aromatic rings. The summed E-state index contributed by atoms with van der Waals surface area (Å²) in [4.78, 5) is 15.3. The van der Waals surface area contributed by atoms with Gasteiger partial charge in [-0.3, -0.25) is 4.79 Å². The Hall–Kier alpha value is -3.21. The highest BCUT2D eigenvalue weighted by Crippen LogP contribution is 2.35. The summed E-state index contributed by atoms with van der Waals surface area (Å²) in [5.41, 5.74) is 2.82. The molecule has 0 bridgehead atoms. The Balaban J connectivity index is 1.74. The van der Waals surface area contributed by atoms with Crippen molar-refractivity contribution < 1.29 is 14.3 Å². The Kier molecular flexibility index (Phi) is 4.59. The highest BCUT2D eigenvalue weighted by Gasteiger charge is 2.32. The van der Waals surface area contributed by atoms with Gasteiger partial charge in [-0.2, -0.15) is 0 Å². The van der Waals surface area contributed by atoms with E-state index in [-0.39, 0.29) is 11.9 Å². The number of hydrogen-bond donors (Lipinski definition) is 0. The van der Waals surface area contributed by atoms with Crippen LogP contribution in [0.5, 0.6) is 11.5 Å². The van der Waals surface area contributed by atoms with E-state index in [4.69, 9.17) is 9.47 Å². The number of hydrogen-bond acceptors (Lipinski definition) is 3. The number of nitrogens with zero attached hydrogens (tertiary/aromatic N) is 2. The van der Waals surface area contributed by atoms with Gasteiger partial charge in [0.1, 0.15) is 0 Å². The van der Waals surface area contributed by atoms with Crippen LogP contribution in [-0.2, 0) is 6.54 Å². The lowest BCUT2D eigenvalue weighted by Gasteiger charge is -2.37. The Morgan fingerprint density at radius 3 is 2.44 bits per heavy atom. The minimum Gasteiger partial charge on any atom is -0.493 e. The molecule has 1 unspecified atom stereocenters. The van der Waals surface area contributed by atoms with Crippen molar-refractivity contribution in [3.63, 3.8) is 0 Å². The molecule has 2 heterocycles. The quantitative estimate of drug-likeness (QED) is 0.710. The molecule has 5 nitrogen and oxygen atoms in total. The molecule has 138 valence electrons. The third-order valence-corrected chi connectivity index (χ3v) is 5.04. The van der Waals surface area contributed by atoms with Gasteiger partial charge in [0.25, 0.3) is 5.91 Å². The Morgan fingerprint density at radius 2 is 1.70 bits per heavy atom. The monoisotopic (exact) mass is 362 g/mol. The van der Waals surface area contributed by atoms with Gasteiger partial charge in [-0.25, -0.2) is 0 Å². The van der Waals surface area contributed by atoms with Crippen LogP contribution in [0.15, 0.2) is 66.9 Å². The van der Waals surface area contributed by atoms with E-state index in [1.165, 1.54) is 0 Å². The van der Waals surface area contributed by atoms with Gasteiger partial charge in [-0.15, -0.1) is 0 Å². The van der Waals surface area contributed by atoms with Crippen LogP contribution in [0.25, 0.3) is 0 Å². The number of amides is 1. The normalized spacial score (nSPS) is 15.9. The molecule has 1 amide bonds. The zero-order chi connectivity index (χ0) is 18.8. The maximum absolute atomic E-state index is 13.4. The van der Waals surface area contributed by atoms with Gasteiger partial charge in [0.2, 0.25) is 0 Å². The number of methoxy groups -OCH3 is 2. The Morgan fingerprint density at radius 1 is 0.926 bits per heavy atom. The van der Waals surface area contributed by atoms with Crippen LogP contribution in [0.3, 0.4) is 0 Å². The van der Waals surface area contributed by atoms with Gasteiger partial charge in [0.15, 0.2) is 11.5 Å². The van der Waals surface area contributed by atoms with Crippen molar-refractivity contribution in [3.05, 3.63) is 83.7 Å². The molecule has 1 aliphatic rings. The Bertz CT molecular complexity index is 949. The first kappa shape index (κ1) is 17.2. The average molecular weight is 362 g/mol. The van der Waals surface area contributed by atoms with Crippen molar-refractivity contribution in [2.24, 2.45) is 0 Å². The molecule has 0 saturated carbocycles. The van der Waals surface area contributed by atoms with E-state index in [0.29, 0.717) is 23.6 Å². The van der Waals surface area contributed by atoms with E-state index in [9.17, 15) is 4.79 Å². The van der Waals surface area contributed by atoms with E-state index in [2.05, 4.69) is 29.0 Å². The molecule has 0 radical (unpaired) electrons. The van der Waals surface area contributed by atoms with E-state index < -0.39 is 0 Å².